The Morgan fingerprint density at radius 1 is 1.06 bits per heavy atom. The first-order valence-electron chi connectivity index (χ1n) is 16.8. The summed E-state index contributed by atoms with van der Waals surface area (Å²) >= 11 is 0. The van der Waals surface area contributed by atoms with Gasteiger partial charge in [0.15, 0.2) is 5.78 Å². The second kappa shape index (κ2) is 13.0. The quantitative estimate of drug-likeness (QED) is 0.173. The Morgan fingerprint density at radius 3 is 2.49 bits per heavy atom. The summed E-state index contributed by atoms with van der Waals surface area (Å²) < 4.78 is 11.3. The summed E-state index contributed by atoms with van der Waals surface area (Å²) in [6.07, 6.45) is 12.5. The molecule has 49 heavy (non-hydrogen) atoms. The number of esters is 2. The van der Waals surface area contributed by atoms with Gasteiger partial charge in [-0.25, -0.2) is 0 Å². The van der Waals surface area contributed by atoms with Crippen LogP contribution in [0.3, 0.4) is 0 Å². The smallest absolute Gasteiger partial charge is 0.321 e. The topological polar surface area (TPSA) is 141 Å². The second-order valence-corrected chi connectivity index (χ2v) is 13.0. The zero-order valence-electron chi connectivity index (χ0n) is 29.1. The van der Waals surface area contributed by atoms with E-state index in [4.69, 9.17) is 9.47 Å². The number of ether oxygens (including phenoxy) is 2. The molecule has 3 aliphatic rings. The molecule has 1 fully saturated rings. The predicted molar refractivity (Wildman–Crippen MR) is 190 cm³/mol. The molecule has 0 spiro atoms. The zero-order chi connectivity index (χ0) is 35.3. The van der Waals surface area contributed by atoms with Crippen molar-refractivity contribution in [3.05, 3.63) is 102 Å². The third kappa shape index (κ3) is 5.39. The number of hydrogen-bond donors (Lipinski definition) is 3. The average molecular weight is 664 g/mol. The normalized spacial score (nSPS) is 23.4. The van der Waals surface area contributed by atoms with Crippen molar-refractivity contribution in [1.29, 1.82) is 0 Å². The molecule has 6 rings (SSSR count). The van der Waals surface area contributed by atoms with Gasteiger partial charge in [0.25, 0.3) is 0 Å². The molecule has 0 radical (unpaired) electrons. The minimum absolute atomic E-state index is 0.105. The fraction of sp³-hybridized carbons (Fsp3) is 0.359. The van der Waals surface area contributed by atoms with Crippen LogP contribution in [-0.4, -0.2) is 46.1 Å². The number of fused-ring (bicyclic) bond motifs is 7. The van der Waals surface area contributed by atoms with Crippen molar-refractivity contribution in [2.75, 3.05) is 13.7 Å². The van der Waals surface area contributed by atoms with Crippen LogP contribution in [0.5, 0.6) is 0 Å². The van der Waals surface area contributed by atoms with E-state index in [2.05, 4.69) is 41.8 Å². The maximum absolute atomic E-state index is 14.4. The molecule has 10 nitrogen and oxygen atoms in total. The number of H-pyrrole nitrogens is 2. The highest BCUT2D eigenvalue weighted by Gasteiger charge is 2.49. The average Bonchev–Trinajstić information content (AvgIpc) is 3.81. The predicted octanol–water partition coefficient (Wildman–Crippen LogP) is 5.08. The molecule has 0 saturated carbocycles. The summed E-state index contributed by atoms with van der Waals surface area (Å²) in [6, 6.07) is 0. The largest absolute Gasteiger partial charge is 0.805 e. The van der Waals surface area contributed by atoms with Gasteiger partial charge in [-0.1, -0.05) is 38.7 Å². The molecular weight excluding hydrogens is 620 g/mol. The van der Waals surface area contributed by atoms with Crippen molar-refractivity contribution in [3.8, 4) is 0 Å². The molecule has 0 unspecified atom stereocenters. The second-order valence-electron chi connectivity index (χ2n) is 13.0. The van der Waals surface area contributed by atoms with Crippen LogP contribution in [0, 0.1) is 43.7 Å². The number of methoxy groups -OCH3 is 1. The number of rotatable bonds is 8. The number of allylic oxidation sites excluding steroid dienone is 3. The van der Waals surface area contributed by atoms with E-state index in [0.29, 0.717) is 28.9 Å². The molecule has 5 heterocycles. The van der Waals surface area contributed by atoms with Gasteiger partial charge in [0.2, 0.25) is 0 Å². The van der Waals surface area contributed by atoms with Crippen molar-refractivity contribution in [2.24, 2.45) is 17.8 Å². The number of carbonyl (C=O) groups excluding carboxylic acids is 3. The van der Waals surface area contributed by atoms with Crippen LogP contribution in [0.2, 0.25) is 0 Å². The monoisotopic (exact) mass is 663 g/mol. The third-order valence-electron chi connectivity index (χ3n) is 10.4. The minimum atomic E-state index is -1.33. The first kappa shape index (κ1) is 33.6. The summed E-state index contributed by atoms with van der Waals surface area (Å²) in [7, 11) is 1.24. The molecule has 0 aromatic carbocycles. The standard InChI is InChI=1S/C39H43N4O6/c1-9-12-15-49-32(44)14-13-25-21(6)28-16-26-19(4)23(10-2)29(40-26)17-27-20(5)24(11-3)30(41-27)18-31-22(7)33-37(43(31)47)34(36(25)42-28)35(38(33)45)39(46)48-8/h9-10,12,16-18,21,25,35,40-42H,2,11,13-15H2,1,3-8H3/q-1/b12-9-,27-17-,28-16-,30-18-,36-34-/t21-,25-,35+/m0/s1. The van der Waals surface area contributed by atoms with Gasteiger partial charge in [0.1, 0.15) is 12.5 Å². The highest BCUT2D eigenvalue weighted by Crippen LogP contribution is 2.49. The lowest BCUT2D eigenvalue weighted by molar-refractivity contribution is -0.143. The van der Waals surface area contributed by atoms with Crippen LogP contribution in [0.25, 0.3) is 29.9 Å². The van der Waals surface area contributed by atoms with E-state index in [1.807, 2.05) is 39.0 Å². The van der Waals surface area contributed by atoms with Crippen molar-refractivity contribution in [3.63, 3.8) is 0 Å². The Morgan fingerprint density at radius 2 is 1.82 bits per heavy atom. The highest BCUT2D eigenvalue weighted by atomic mass is 16.5. The molecule has 3 aromatic rings. The van der Waals surface area contributed by atoms with Crippen molar-refractivity contribution in [2.45, 2.75) is 60.8 Å². The number of ketones is 1. The SMILES string of the molecule is C=Cc1c2[nH]c(c1C)/C=C1\N/C(=C3\c4c(c(C)c(n4[O-])/C=c4\[nH]/c(c(C)c4CC)=C\2)C(=O)[C@@H]3C(=O)OC)[C@@H](CCC(=O)OC/C=C\C)[C@@H]1C. The van der Waals surface area contributed by atoms with Crippen LogP contribution in [0.1, 0.15) is 94.6 Å². The first-order valence-corrected chi connectivity index (χ1v) is 16.8. The Balaban J connectivity index is 1.68. The number of nitrogens with zero attached hydrogens (tertiary/aromatic N) is 1. The zero-order valence-corrected chi connectivity index (χ0v) is 29.1. The van der Waals surface area contributed by atoms with E-state index in [0.717, 1.165) is 61.2 Å². The molecule has 1 aliphatic carbocycles. The van der Waals surface area contributed by atoms with Gasteiger partial charge < -0.3 is 34.7 Å². The first-order chi connectivity index (χ1) is 23.5. The molecule has 3 aromatic heterocycles. The van der Waals surface area contributed by atoms with E-state index >= 15 is 0 Å². The van der Waals surface area contributed by atoms with Crippen molar-refractivity contribution < 1.29 is 23.9 Å². The lowest BCUT2D eigenvalue weighted by Crippen LogP contribution is -2.25. The minimum Gasteiger partial charge on any atom is -0.805 e. The number of carbonyl (C=O) groups is 3. The fourth-order valence-electron chi connectivity index (χ4n) is 7.68. The van der Waals surface area contributed by atoms with Gasteiger partial charge in [0, 0.05) is 74.1 Å². The molecule has 8 bridgehead atoms. The van der Waals surface area contributed by atoms with E-state index in [1.54, 1.807) is 19.1 Å². The maximum atomic E-state index is 14.4. The lowest BCUT2D eigenvalue weighted by Gasteiger charge is -2.23. The van der Waals surface area contributed by atoms with Gasteiger partial charge in [-0.3, -0.25) is 14.4 Å². The van der Waals surface area contributed by atoms with E-state index in [-0.39, 0.29) is 42.1 Å². The summed E-state index contributed by atoms with van der Waals surface area (Å²) in [4.78, 5) is 47.5. The number of nitrogens with one attached hydrogen (secondary N) is 3. The summed E-state index contributed by atoms with van der Waals surface area (Å²) in [6.45, 7) is 16.1. The van der Waals surface area contributed by atoms with Crippen LogP contribution in [0.15, 0.2) is 30.1 Å². The summed E-state index contributed by atoms with van der Waals surface area (Å²) in [5.74, 6) is -3.43. The van der Waals surface area contributed by atoms with Crippen molar-refractivity contribution in [1.82, 2.24) is 20.0 Å². The van der Waals surface area contributed by atoms with Gasteiger partial charge in [-0.2, -0.15) is 0 Å². The van der Waals surface area contributed by atoms with E-state index < -0.39 is 17.7 Å². The van der Waals surface area contributed by atoms with Crippen molar-refractivity contribution >= 4 is 47.6 Å². The fourth-order valence-corrected chi connectivity index (χ4v) is 7.68. The van der Waals surface area contributed by atoms with E-state index in [9.17, 15) is 19.6 Å². The molecule has 256 valence electrons. The molecular formula is C39H43N4O6-. The molecule has 2 aliphatic heterocycles. The van der Waals surface area contributed by atoms with Gasteiger partial charge in [-0.15, -0.1) is 0 Å². The molecule has 10 heteroatoms. The highest BCUT2D eigenvalue weighted by molar-refractivity contribution is 6.24. The Bertz CT molecular complexity index is 2130. The van der Waals surface area contributed by atoms with Gasteiger partial charge >= 0.3 is 11.9 Å². The molecule has 0 amide bonds. The lowest BCUT2D eigenvalue weighted by atomic mass is 9.85. The molecule has 3 N–H and O–H groups in total. The maximum Gasteiger partial charge on any atom is 0.321 e. The van der Waals surface area contributed by atoms with Crippen LogP contribution < -0.4 is 16.0 Å². The third-order valence-corrected chi connectivity index (χ3v) is 10.4. The van der Waals surface area contributed by atoms with Crippen LogP contribution in [0.4, 0.5) is 0 Å². The molecule has 3 atom stereocenters. The Hall–Kier alpha value is -5.25. The van der Waals surface area contributed by atoms with Gasteiger partial charge in [-0.05, 0) is 81.0 Å². The van der Waals surface area contributed by atoms with Crippen LogP contribution in [-0.2, 0) is 25.5 Å². The summed E-state index contributed by atoms with van der Waals surface area (Å²) in [5, 5.41) is 19.7. The molecule has 1 saturated heterocycles. The van der Waals surface area contributed by atoms with E-state index in [1.165, 1.54) is 7.11 Å². The van der Waals surface area contributed by atoms with Crippen LogP contribution >= 0.6 is 0 Å². The Kier molecular flexibility index (Phi) is 8.92. The summed E-state index contributed by atoms with van der Waals surface area (Å²) in [5.41, 5.74) is 8.67. The number of aromatic amines is 2. The van der Waals surface area contributed by atoms with Gasteiger partial charge in [0.05, 0.1) is 12.8 Å². The number of Topliss-reactive ketones (excluding diaryl/α,β-unsaturated/α-hetero) is 1. The number of hydrogen-bond acceptors (Lipinski definition) is 7. The Labute approximate surface area is 285 Å². The number of aromatic nitrogens is 3.